The van der Waals surface area contributed by atoms with Gasteiger partial charge in [-0.2, -0.15) is 0 Å². The summed E-state index contributed by atoms with van der Waals surface area (Å²) in [7, 11) is 0. The van der Waals surface area contributed by atoms with Crippen molar-refractivity contribution < 1.29 is 18.7 Å². The molecule has 0 radical (unpaired) electrons. The van der Waals surface area contributed by atoms with Crippen LogP contribution in [0, 0.1) is 0 Å². The minimum atomic E-state index is -3.05. The third kappa shape index (κ3) is 1.90. The molecular formula is C7H4ClF2NO3. The molecule has 0 amide bonds. The Kier molecular flexibility index (Phi) is 2.85. The molecule has 0 spiro atoms. The first kappa shape index (κ1) is 10.6. The summed E-state index contributed by atoms with van der Waals surface area (Å²) >= 11 is 4.96. The van der Waals surface area contributed by atoms with Crippen LogP contribution < -0.4 is 5.56 Å². The van der Waals surface area contributed by atoms with Gasteiger partial charge in [-0.3, -0.25) is 14.6 Å². The first-order valence-electron chi connectivity index (χ1n) is 3.37. The maximum absolute atomic E-state index is 12.3. The molecule has 0 atom stereocenters. The number of nitrogens with one attached hydrogen (secondary N) is 1. The van der Waals surface area contributed by atoms with Crippen LogP contribution in [-0.4, -0.2) is 15.3 Å². The number of H-pyrrole nitrogens is 1. The molecule has 0 saturated heterocycles. The molecule has 0 aliphatic heterocycles. The summed E-state index contributed by atoms with van der Waals surface area (Å²) < 4.78 is 24.5. The van der Waals surface area contributed by atoms with Gasteiger partial charge in [-0.15, -0.1) is 0 Å². The van der Waals surface area contributed by atoms with Crippen molar-refractivity contribution in [1.29, 1.82) is 0 Å². The zero-order valence-electron chi connectivity index (χ0n) is 6.55. The van der Waals surface area contributed by atoms with E-state index in [0.29, 0.717) is 6.07 Å². The van der Waals surface area contributed by atoms with Crippen molar-refractivity contribution >= 4 is 16.8 Å². The van der Waals surface area contributed by atoms with Crippen molar-refractivity contribution in [1.82, 2.24) is 4.98 Å². The third-order valence-corrected chi connectivity index (χ3v) is 1.67. The Balaban J connectivity index is 3.52. The summed E-state index contributed by atoms with van der Waals surface area (Å²) in [5, 5.41) is 7.74. The summed E-state index contributed by atoms with van der Waals surface area (Å²) in [5.74, 6) is -0.951. The van der Waals surface area contributed by atoms with E-state index >= 15 is 0 Å². The number of aromatic nitrogens is 1. The minimum Gasteiger partial charge on any atom is -0.494 e. The second kappa shape index (κ2) is 3.75. The zero-order valence-corrected chi connectivity index (χ0v) is 7.31. The lowest BCUT2D eigenvalue weighted by atomic mass is 10.1. The molecule has 0 unspecified atom stereocenters. The van der Waals surface area contributed by atoms with Crippen molar-refractivity contribution in [3.8, 4) is 5.88 Å². The van der Waals surface area contributed by atoms with Gasteiger partial charge in [-0.05, 0) is 11.6 Å². The number of halogens is 3. The summed E-state index contributed by atoms with van der Waals surface area (Å²) in [6.45, 7) is 0. The number of hydrogen-bond acceptors (Lipinski definition) is 3. The molecule has 0 aliphatic rings. The summed E-state index contributed by atoms with van der Waals surface area (Å²) in [6.07, 6.45) is -3.05. The first-order valence-corrected chi connectivity index (χ1v) is 3.75. The molecule has 1 rings (SSSR count). The second-order valence-electron chi connectivity index (χ2n) is 2.39. The van der Waals surface area contributed by atoms with E-state index in [1.807, 2.05) is 0 Å². The number of aromatic amines is 1. The molecule has 1 aromatic rings. The lowest BCUT2D eigenvalue weighted by molar-refractivity contribution is 0.106. The van der Waals surface area contributed by atoms with E-state index < -0.39 is 34.2 Å². The van der Waals surface area contributed by atoms with Gasteiger partial charge in [0.2, 0.25) is 5.88 Å². The molecule has 0 fully saturated rings. The highest BCUT2D eigenvalue weighted by Gasteiger charge is 2.22. The number of alkyl halides is 2. The van der Waals surface area contributed by atoms with Crippen molar-refractivity contribution in [3.63, 3.8) is 0 Å². The molecular weight excluding hydrogens is 220 g/mol. The molecule has 0 saturated carbocycles. The predicted molar refractivity (Wildman–Crippen MR) is 43.9 cm³/mol. The van der Waals surface area contributed by atoms with Crippen LogP contribution in [0.3, 0.4) is 0 Å². The largest absolute Gasteiger partial charge is 0.494 e. The van der Waals surface area contributed by atoms with Gasteiger partial charge >= 0.3 is 0 Å². The van der Waals surface area contributed by atoms with Gasteiger partial charge in [0.25, 0.3) is 17.2 Å². The monoisotopic (exact) mass is 223 g/mol. The van der Waals surface area contributed by atoms with Crippen LogP contribution in [0.15, 0.2) is 10.9 Å². The van der Waals surface area contributed by atoms with Crippen molar-refractivity contribution in [2.45, 2.75) is 6.43 Å². The summed E-state index contributed by atoms with van der Waals surface area (Å²) in [4.78, 5) is 23.1. The van der Waals surface area contributed by atoms with Crippen LogP contribution in [0.1, 0.15) is 22.3 Å². The van der Waals surface area contributed by atoms with E-state index in [4.69, 9.17) is 16.7 Å². The average Bonchev–Trinajstić information content (AvgIpc) is 2.01. The number of rotatable bonds is 2. The van der Waals surface area contributed by atoms with E-state index in [1.54, 1.807) is 4.98 Å². The number of carbonyl (C=O) groups is 1. The van der Waals surface area contributed by atoms with E-state index in [2.05, 4.69) is 0 Å². The summed E-state index contributed by atoms with van der Waals surface area (Å²) in [6, 6.07) is 0.514. The van der Waals surface area contributed by atoms with Gasteiger partial charge in [-0.25, -0.2) is 8.78 Å². The normalized spacial score (nSPS) is 10.6. The van der Waals surface area contributed by atoms with E-state index in [0.717, 1.165) is 0 Å². The van der Waals surface area contributed by atoms with Crippen LogP contribution in [0.2, 0.25) is 0 Å². The van der Waals surface area contributed by atoms with Crippen LogP contribution in [-0.2, 0) is 0 Å². The fourth-order valence-corrected chi connectivity index (χ4v) is 1.14. The Hall–Kier alpha value is -1.43. The summed E-state index contributed by atoms with van der Waals surface area (Å²) in [5.41, 5.74) is -2.59. The minimum absolute atomic E-state index is 0.514. The SMILES string of the molecule is O=C(Cl)c1c(C(F)F)cc(=O)[nH]c1O. The van der Waals surface area contributed by atoms with Crippen LogP contribution in [0.5, 0.6) is 5.88 Å². The number of pyridine rings is 1. The molecule has 14 heavy (non-hydrogen) atoms. The van der Waals surface area contributed by atoms with Gasteiger partial charge in [0.1, 0.15) is 5.56 Å². The third-order valence-electron chi connectivity index (χ3n) is 1.49. The molecule has 7 heteroatoms. The van der Waals surface area contributed by atoms with Crippen LogP contribution in [0.4, 0.5) is 8.78 Å². The van der Waals surface area contributed by atoms with E-state index in [9.17, 15) is 18.4 Å². The number of hydrogen-bond donors (Lipinski definition) is 2. The number of aromatic hydroxyl groups is 1. The van der Waals surface area contributed by atoms with Crippen molar-refractivity contribution in [2.75, 3.05) is 0 Å². The maximum Gasteiger partial charge on any atom is 0.264 e. The average molecular weight is 224 g/mol. The van der Waals surface area contributed by atoms with Gasteiger partial charge in [0.15, 0.2) is 0 Å². The predicted octanol–water partition coefficient (Wildman–Crippen LogP) is 1.40. The molecule has 0 aliphatic carbocycles. The highest BCUT2D eigenvalue weighted by Crippen LogP contribution is 2.27. The topological polar surface area (TPSA) is 70.2 Å². The van der Waals surface area contributed by atoms with Crippen LogP contribution >= 0.6 is 11.6 Å². The molecule has 4 nitrogen and oxygen atoms in total. The molecule has 1 heterocycles. The highest BCUT2D eigenvalue weighted by molar-refractivity contribution is 6.68. The van der Waals surface area contributed by atoms with Crippen molar-refractivity contribution in [2.24, 2.45) is 0 Å². The molecule has 1 aromatic heterocycles. The Morgan fingerprint density at radius 2 is 2.14 bits per heavy atom. The van der Waals surface area contributed by atoms with Gasteiger partial charge in [0, 0.05) is 11.6 Å². The van der Waals surface area contributed by atoms with Gasteiger partial charge in [0.05, 0.1) is 0 Å². The van der Waals surface area contributed by atoms with Gasteiger partial charge in [-0.1, -0.05) is 0 Å². The standard InChI is InChI=1S/C7H4ClF2NO3/c8-5(13)4-2(6(9)10)1-3(12)11-7(4)14/h1,6H,(H2,11,12,14). The lowest BCUT2D eigenvalue weighted by Crippen LogP contribution is -2.11. The fourth-order valence-electron chi connectivity index (χ4n) is 0.944. The van der Waals surface area contributed by atoms with Crippen LogP contribution in [0.25, 0.3) is 0 Å². The fraction of sp³-hybridized carbons (Fsp3) is 0.143. The Labute approximate surface area is 81.1 Å². The first-order chi connectivity index (χ1) is 6.43. The molecule has 0 aromatic carbocycles. The maximum atomic E-state index is 12.3. The Bertz CT molecular complexity index is 429. The highest BCUT2D eigenvalue weighted by atomic mass is 35.5. The second-order valence-corrected chi connectivity index (χ2v) is 2.73. The Morgan fingerprint density at radius 1 is 1.57 bits per heavy atom. The van der Waals surface area contributed by atoms with E-state index in [1.165, 1.54) is 0 Å². The number of carbonyl (C=O) groups excluding carboxylic acids is 1. The Morgan fingerprint density at radius 3 is 2.57 bits per heavy atom. The zero-order chi connectivity index (χ0) is 10.9. The molecule has 2 N–H and O–H groups in total. The van der Waals surface area contributed by atoms with Crippen molar-refractivity contribution in [3.05, 3.63) is 27.5 Å². The molecule has 0 bridgehead atoms. The lowest BCUT2D eigenvalue weighted by Gasteiger charge is -2.05. The molecule has 76 valence electrons. The van der Waals surface area contributed by atoms with Gasteiger partial charge < -0.3 is 5.11 Å². The quantitative estimate of drug-likeness (QED) is 0.745. The smallest absolute Gasteiger partial charge is 0.264 e. The van der Waals surface area contributed by atoms with E-state index in [-0.39, 0.29) is 0 Å².